The molecule has 2 amide bonds. The molecule has 1 aromatic rings. The smallest absolute Gasteiger partial charge is 0.246 e. The number of rotatable bonds is 7. The van der Waals surface area contributed by atoms with Crippen molar-refractivity contribution in [1.82, 2.24) is 24.9 Å². The summed E-state index contributed by atoms with van der Waals surface area (Å²) < 4.78 is 6.65. The van der Waals surface area contributed by atoms with Gasteiger partial charge in [-0.2, -0.15) is 5.10 Å². The summed E-state index contributed by atoms with van der Waals surface area (Å²) in [5, 5.41) is 7.06. The highest BCUT2D eigenvalue weighted by molar-refractivity contribution is 5.82. The molecule has 0 aliphatic carbocycles. The van der Waals surface area contributed by atoms with Gasteiger partial charge in [-0.15, -0.1) is 0 Å². The highest BCUT2D eigenvalue weighted by Crippen LogP contribution is 2.21. The number of fused-ring (bicyclic) bond motifs is 1. The van der Waals surface area contributed by atoms with Gasteiger partial charge in [-0.05, 0) is 20.2 Å². The van der Waals surface area contributed by atoms with Gasteiger partial charge < -0.3 is 19.9 Å². The molecule has 0 aromatic carbocycles. The summed E-state index contributed by atoms with van der Waals surface area (Å²) in [6.07, 6.45) is 2.11. The molecule has 0 saturated carbocycles. The zero-order chi connectivity index (χ0) is 16.8. The van der Waals surface area contributed by atoms with Gasteiger partial charge in [-0.1, -0.05) is 0 Å². The number of hydrogen-bond acceptors (Lipinski definition) is 5. The van der Waals surface area contributed by atoms with Gasteiger partial charge in [-0.25, -0.2) is 0 Å². The molecule has 0 unspecified atom stereocenters. The van der Waals surface area contributed by atoms with E-state index in [2.05, 4.69) is 10.4 Å². The molecule has 1 N–H and O–H groups in total. The lowest BCUT2D eigenvalue weighted by Gasteiger charge is -2.33. The zero-order valence-corrected chi connectivity index (χ0v) is 14.0. The number of aromatic nitrogens is 2. The minimum Gasteiger partial charge on any atom is -0.383 e. The molecule has 8 heteroatoms. The normalized spacial score (nSPS) is 17.2. The van der Waals surface area contributed by atoms with Crippen molar-refractivity contribution in [1.29, 1.82) is 0 Å². The van der Waals surface area contributed by atoms with Gasteiger partial charge in [-0.3, -0.25) is 14.3 Å². The SMILES string of the molecule is COCCNC(=O)[C@H]1CN(C(=O)CCN(C)C)Cc2ccnn21. The van der Waals surface area contributed by atoms with Gasteiger partial charge in [0.2, 0.25) is 11.8 Å². The molecule has 0 spiro atoms. The van der Waals surface area contributed by atoms with Crippen LogP contribution in [0.4, 0.5) is 0 Å². The van der Waals surface area contributed by atoms with E-state index >= 15 is 0 Å². The van der Waals surface area contributed by atoms with E-state index in [1.807, 2.05) is 25.1 Å². The van der Waals surface area contributed by atoms with Gasteiger partial charge in [0, 0.05) is 32.8 Å². The topological polar surface area (TPSA) is 79.7 Å². The Morgan fingerprint density at radius 2 is 2.26 bits per heavy atom. The van der Waals surface area contributed by atoms with E-state index in [1.165, 1.54) is 0 Å². The molecular weight excluding hydrogens is 298 g/mol. The highest BCUT2D eigenvalue weighted by Gasteiger charge is 2.32. The number of amides is 2. The molecular formula is C15H25N5O3. The minimum atomic E-state index is -0.492. The summed E-state index contributed by atoms with van der Waals surface area (Å²) >= 11 is 0. The number of carbonyl (C=O) groups is 2. The molecule has 0 radical (unpaired) electrons. The van der Waals surface area contributed by atoms with Crippen molar-refractivity contribution < 1.29 is 14.3 Å². The van der Waals surface area contributed by atoms with Crippen LogP contribution in [0.3, 0.4) is 0 Å². The average molecular weight is 323 g/mol. The molecule has 1 atom stereocenters. The number of carbonyl (C=O) groups excluding carboxylic acids is 2. The van der Waals surface area contributed by atoms with Gasteiger partial charge in [0.25, 0.3) is 0 Å². The molecule has 2 rings (SSSR count). The highest BCUT2D eigenvalue weighted by atomic mass is 16.5. The standard InChI is InChI=1S/C15H25N5O3/c1-18(2)8-5-14(21)19-10-12-4-6-17-20(12)13(11-19)15(22)16-7-9-23-3/h4,6,13H,5,7-11H2,1-3H3,(H,16,22)/t13-/m1/s1. The summed E-state index contributed by atoms with van der Waals surface area (Å²) in [5.74, 6) is -0.0852. The van der Waals surface area contributed by atoms with E-state index in [4.69, 9.17) is 4.74 Å². The van der Waals surface area contributed by atoms with Crippen molar-refractivity contribution in [2.24, 2.45) is 0 Å². The van der Waals surface area contributed by atoms with Crippen LogP contribution in [0.15, 0.2) is 12.3 Å². The van der Waals surface area contributed by atoms with Crippen molar-refractivity contribution in [3.63, 3.8) is 0 Å². The first kappa shape index (κ1) is 17.4. The zero-order valence-electron chi connectivity index (χ0n) is 14.0. The minimum absolute atomic E-state index is 0.0563. The largest absolute Gasteiger partial charge is 0.383 e. The van der Waals surface area contributed by atoms with Crippen molar-refractivity contribution in [3.8, 4) is 0 Å². The number of nitrogens with one attached hydrogen (secondary N) is 1. The van der Waals surface area contributed by atoms with Crippen LogP contribution in [0, 0.1) is 0 Å². The van der Waals surface area contributed by atoms with Crippen LogP contribution in [-0.2, 0) is 20.9 Å². The molecule has 0 saturated heterocycles. The quantitative estimate of drug-likeness (QED) is 0.683. The predicted octanol–water partition coefficient (Wildman–Crippen LogP) is -0.519. The lowest BCUT2D eigenvalue weighted by molar-refractivity contribution is -0.135. The first-order valence-electron chi connectivity index (χ1n) is 7.74. The van der Waals surface area contributed by atoms with E-state index in [0.29, 0.717) is 39.2 Å². The van der Waals surface area contributed by atoms with Crippen LogP contribution in [0.1, 0.15) is 18.2 Å². The fourth-order valence-electron chi connectivity index (χ4n) is 2.55. The lowest BCUT2D eigenvalue weighted by Crippen LogP contribution is -2.47. The third kappa shape index (κ3) is 4.52. The fourth-order valence-corrected chi connectivity index (χ4v) is 2.55. The van der Waals surface area contributed by atoms with Crippen molar-refractivity contribution in [3.05, 3.63) is 18.0 Å². The fraction of sp³-hybridized carbons (Fsp3) is 0.667. The molecule has 1 aromatic heterocycles. The second-order valence-electron chi connectivity index (χ2n) is 5.89. The first-order chi connectivity index (χ1) is 11.0. The van der Waals surface area contributed by atoms with Gasteiger partial charge >= 0.3 is 0 Å². The van der Waals surface area contributed by atoms with Crippen LogP contribution < -0.4 is 5.32 Å². The monoisotopic (exact) mass is 323 g/mol. The van der Waals surface area contributed by atoms with E-state index in [9.17, 15) is 9.59 Å². The van der Waals surface area contributed by atoms with Gasteiger partial charge in [0.15, 0.2) is 0 Å². The second-order valence-corrected chi connectivity index (χ2v) is 5.89. The summed E-state index contributed by atoms with van der Waals surface area (Å²) in [7, 11) is 5.46. The average Bonchev–Trinajstić information content (AvgIpc) is 3.00. The molecule has 2 heterocycles. The predicted molar refractivity (Wildman–Crippen MR) is 84.7 cm³/mol. The Kier molecular flexibility index (Phi) is 6.12. The van der Waals surface area contributed by atoms with Crippen molar-refractivity contribution >= 4 is 11.8 Å². The Hall–Kier alpha value is -1.93. The summed E-state index contributed by atoms with van der Waals surface area (Å²) in [5.41, 5.74) is 0.876. The maximum absolute atomic E-state index is 12.4. The molecule has 1 aliphatic rings. The Balaban J connectivity index is 2.04. The van der Waals surface area contributed by atoms with Crippen LogP contribution in [0.25, 0.3) is 0 Å². The van der Waals surface area contributed by atoms with Crippen molar-refractivity contribution in [2.45, 2.75) is 19.0 Å². The lowest BCUT2D eigenvalue weighted by atomic mass is 10.1. The van der Waals surface area contributed by atoms with Crippen LogP contribution in [-0.4, -0.2) is 78.8 Å². The Morgan fingerprint density at radius 3 is 2.96 bits per heavy atom. The maximum atomic E-state index is 12.4. The number of nitrogens with zero attached hydrogens (tertiary/aromatic N) is 4. The third-order valence-electron chi connectivity index (χ3n) is 3.83. The van der Waals surface area contributed by atoms with Gasteiger partial charge in [0.1, 0.15) is 6.04 Å². The van der Waals surface area contributed by atoms with Crippen LogP contribution in [0.2, 0.25) is 0 Å². The van der Waals surface area contributed by atoms with Crippen LogP contribution >= 0.6 is 0 Å². The maximum Gasteiger partial charge on any atom is 0.246 e. The molecule has 0 fully saturated rings. The summed E-state index contributed by atoms with van der Waals surface area (Å²) in [6, 6.07) is 1.36. The molecule has 128 valence electrons. The van der Waals surface area contributed by atoms with E-state index in [-0.39, 0.29) is 11.8 Å². The first-order valence-corrected chi connectivity index (χ1v) is 7.74. The number of hydrogen-bond donors (Lipinski definition) is 1. The third-order valence-corrected chi connectivity index (χ3v) is 3.83. The number of ether oxygens (including phenoxy) is 1. The van der Waals surface area contributed by atoms with E-state index in [0.717, 1.165) is 5.69 Å². The Labute approximate surface area is 136 Å². The van der Waals surface area contributed by atoms with E-state index < -0.39 is 6.04 Å². The van der Waals surface area contributed by atoms with E-state index in [1.54, 1.807) is 22.9 Å². The second kappa shape index (κ2) is 8.07. The van der Waals surface area contributed by atoms with Crippen LogP contribution in [0.5, 0.6) is 0 Å². The Bertz CT molecular complexity index is 543. The summed E-state index contributed by atoms with van der Waals surface area (Å²) in [4.78, 5) is 28.5. The van der Waals surface area contributed by atoms with Gasteiger partial charge in [0.05, 0.1) is 25.4 Å². The van der Waals surface area contributed by atoms with Crippen molar-refractivity contribution in [2.75, 3.05) is 47.4 Å². The molecule has 8 nitrogen and oxygen atoms in total. The molecule has 0 bridgehead atoms. The summed E-state index contributed by atoms with van der Waals surface area (Å²) in [6.45, 7) is 2.43. The number of methoxy groups -OCH3 is 1. The molecule has 23 heavy (non-hydrogen) atoms. The molecule has 1 aliphatic heterocycles. The Morgan fingerprint density at radius 1 is 1.48 bits per heavy atom.